The summed E-state index contributed by atoms with van der Waals surface area (Å²) in [6.45, 7) is 2.54. The molecule has 1 aromatic rings. The molecule has 0 bridgehead atoms. The zero-order valence-corrected chi connectivity index (χ0v) is 12.0. The van der Waals surface area contributed by atoms with Crippen LogP contribution in [-0.2, 0) is 9.47 Å². The molecule has 0 amide bonds. The van der Waals surface area contributed by atoms with E-state index in [1.54, 1.807) is 0 Å². The summed E-state index contributed by atoms with van der Waals surface area (Å²) in [5.74, 6) is 0. The molecule has 1 aromatic carbocycles. The molecule has 0 aliphatic carbocycles. The Kier molecular flexibility index (Phi) is 4.01. The van der Waals surface area contributed by atoms with Crippen LogP contribution in [0.2, 0.25) is 0 Å². The zero-order valence-electron chi connectivity index (χ0n) is 11.1. The third-order valence-corrected chi connectivity index (χ3v) is 5.43. The molecule has 0 radical (unpaired) electrons. The van der Waals surface area contributed by atoms with Crippen LogP contribution < -0.4 is 5.73 Å². The molecule has 0 saturated carbocycles. The molecule has 0 aromatic heterocycles. The lowest BCUT2D eigenvalue weighted by Gasteiger charge is -2.43. The minimum atomic E-state index is 0.0672. The normalized spacial score (nSPS) is 26.4. The van der Waals surface area contributed by atoms with Gasteiger partial charge in [-0.1, -0.05) is 12.1 Å². The van der Waals surface area contributed by atoms with E-state index in [4.69, 9.17) is 15.2 Å². The number of nitrogens with two attached hydrogens (primary N) is 1. The van der Waals surface area contributed by atoms with Gasteiger partial charge in [0.05, 0.1) is 5.60 Å². The van der Waals surface area contributed by atoms with Crippen LogP contribution in [0.5, 0.6) is 0 Å². The molecule has 4 heteroatoms. The predicted molar refractivity (Wildman–Crippen MR) is 78.5 cm³/mol. The molecule has 104 valence electrons. The maximum absolute atomic E-state index is 6.08. The van der Waals surface area contributed by atoms with Crippen LogP contribution >= 0.6 is 11.8 Å². The van der Waals surface area contributed by atoms with Crippen LogP contribution in [0.25, 0.3) is 0 Å². The van der Waals surface area contributed by atoms with Crippen molar-refractivity contribution in [3.63, 3.8) is 0 Å². The standard InChI is InChI=1S/C15H21NO2S/c16-13-3-1-2-4-14(13)19-12-5-8-18-15(11-12)6-9-17-10-7-15/h1-4,12H,5-11,16H2. The Morgan fingerprint density at radius 3 is 2.74 bits per heavy atom. The Balaban J connectivity index is 1.67. The van der Waals surface area contributed by atoms with E-state index in [-0.39, 0.29) is 5.60 Å². The number of para-hydroxylation sites is 1. The van der Waals surface area contributed by atoms with Gasteiger partial charge in [0.1, 0.15) is 0 Å². The van der Waals surface area contributed by atoms with Crippen LogP contribution in [0.15, 0.2) is 29.2 Å². The maximum Gasteiger partial charge on any atom is 0.0737 e. The highest BCUT2D eigenvalue weighted by atomic mass is 32.2. The molecule has 3 rings (SSSR count). The molecule has 2 aliphatic heterocycles. The van der Waals surface area contributed by atoms with Crippen LogP contribution in [0.4, 0.5) is 5.69 Å². The zero-order chi connectivity index (χ0) is 13.1. The maximum atomic E-state index is 6.08. The topological polar surface area (TPSA) is 44.5 Å². The highest BCUT2D eigenvalue weighted by Crippen LogP contribution is 2.41. The van der Waals surface area contributed by atoms with Gasteiger partial charge in [-0.05, 0) is 37.8 Å². The number of ether oxygens (including phenoxy) is 2. The van der Waals surface area contributed by atoms with E-state index < -0.39 is 0 Å². The summed E-state index contributed by atoms with van der Waals surface area (Å²) in [5.41, 5.74) is 6.99. The lowest BCUT2D eigenvalue weighted by molar-refractivity contribution is -0.131. The van der Waals surface area contributed by atoms with Crippen molar-refractivity contribution in [1.29, 1.82) is 0 Å². The molecule has 1 atom stereocenters. The average molecular weight is 279 g/mol. The van der Waals surface area contributed by atoms with Gasteiger partial charge in [0.15, 0.2) is 0 Å². The van der Waals surface area contributed by atoms with E-state index in [1.807, 2.05) is 23.9 Å². The monoisotopic (exact) mass is 279 g/mol. The smallest absolute Gasteiger partial charge is 0.0737 e. The third kappa shape index (κ3) is 3.07. The van der Waals surface area contributed by atoms with Gasteiger partial charge in [-0.25, -0.2) is 0 Å². The van der Waals surface area contributed by atoms with Gasteiger partial charge < -0.3 is 15.2 Å². The van der Waals surface area contributed by atoms with Crippen LogP contribution in [-0.4, -0.2) is 30.7 Å². The number of nitrogen functional groups attached to an aromatic ring is 1. The number of benzene rings is 1. The van der Waals surface area contributed by atoms with E-state index in [1.165, 1.54) is 4.90 Å². The van der Waals surface area contributed by atoms with Crippen molar-refractivity contribution < 1.29 is 9.47 Å². The number of hydrogen-bond acceptors (Lipinski definition) is 4. The Labute approximate surface area is 118 Å². The van der Waals surface area contributed by atoms with E-state index in [2.05, 4.69) is 12.1 Å². The van der Waals surface area contributed by atoms with E-state index in [0.29, 0.717) is 5.25 Å². The minimum absolute atomic E-state index is 0.0672. The predicted octanol–water partition coefficient (Wildman–Crippen LogP) is 3.09. The first-order valence-electron chi connectivity index (χ1n) is 7.00. The summed E-state index contributed by atoms with van der Waals surface area (Å²) in [7, 11) is 0. The van der Waals surface area contributed by atoms with Gasteiger partial charge in [0, 0.05) is 35.7 Å². The number of rotatable bonds is 2. The van der Waals surface area contributed by atoms with Gasteiger partial charge in [-0.15, -0.1) is 11.8 Å². The van der Waals surface area contributed by atoms with Gasteiger partial charge in [0.2, 0.25) is 0 Å². The second-order valence-electron chi connectivity index (χ2n) is 5.41. The van der Waals surface area contributed by atoms with Gasteiger partial charge in [-0.2, -0.15) is 0 Å². The molecule has 2 heterocycles. The Morgan fingerprint density at radius 1 is 1.16 bits per heavy atom. The number of thioether (sulfide) groups is 1. The lowest BCUT2D eigenvalue weighted by Crippen LogP contribution is -2.45. The second-order valence-corrected chi connectivity index (χ2v) is 6.76. The van der Waals surface area contributed by atoms with Crippen molar-refractivity contribution >= 4 is 17.4 Å². The van der Waals surface area contributed by atoms with Crippen molar-refractivity contribution in [2.75, 3.05) is 25.6 Å². The third-order valence-electron chi connectivity index (χ3n) is 4.06. The van der Waals surface area contributed by atoms with Crippen molar-refractivity contribution in [3.05, 3.63) is 24.3 Å². The summed E-state index contributed by atoms with van der Waals surface area (Å²) in [4.78, 5) is 1.21. The molecule has 2 saturated heterocycles. The minimum Gasteiger partial charge on any atom is -0.398 e. The highest BCUT2D eigenvalue weighted by Gasteiger charge is 2.39. The Bertz CT molecular complexity index is 426. The first kappa shape index (κ1) is 13.3. The van der Waals surface area contributed by atoms with Gasteiger partial charge in [-0.3, -0.25) is 0 Å². The van der Waals surface area contributed by atoms with Crippen LogP contribution in [0, 0.1) is 0 Å². The fourth-order valence-corrected chi connectivity index (χ4v) is 4.26. The number of anilines is 1. The molecule has 2 N–H and O–H groups in total. The van der Waals surface area contributed by atoms with Crippen LogP contribution in [0.1, 0.15) is 25.7 Å². The van der Waals surface area contributed by atoms with E-state index in [0.717, 1.165) is 51.2 Å². The highest BCUT2D eigenvalue weighted by molar-refractivity contribution is 8.00. The van der Waals surface area contributed by atoms with Crippen molar-refractivity contribution in [3.8, 4) is 0 Å². The molecular weight excluding hydrogens is 258 g/mol. The molecule has 2 fully saturated rings. The molecule has 19 heavy (non-hydrogen) atoms. The van der Waals surface area contributed by atoms with Gasteiger partial charge in [0.25, 0.3) is 0 Å². The van der Waals surface area contributed by atoms with Gasteiger partial charge >= 0.3 is 0 Å². The Morgan fingerprint density at radius 2 is 1.95 bits per heavy atom. The SMILES string of the molecule is Nc1ccccc1SC1CCOC2(CCOCC2)C1. The summed E-state index contributed by atoms with van der Waals surface area (Å²) in [6.07, 6.45) is 4.31. The summed E-state index contributed by atoms with van der Waals surface area (Å²) >= 11 is 1.91. The molecule has 1 spiro atoms. The molecule has 1 unspecified atom stereocenters. The summed E-state index contributed by atoms with van der Waals surface area (Å²) in [5, 5.41) is 0.608. The number of hydrogen-bond donors (Lipinski definition) is 1. The summed E-state index contributed by atoms with van der Waals surface area (Å²) < 4.78 is 11.5. The Hall–Kier alpha value is -0.710. The van der Waals surface area contributed by atoms with Crippen molar-refractivity contribution in [2.24, 2.45) is 0 Å². The average Bonchev–Trinajstić information content (AvgIpc) is 2.42. The summed E-state index contributed by atoms with van der Waals surface area (Å²) in [6, 6.07) is 8.14. The fraction of sp³-hybridized carbons (Fsp3) is 0.600. The van der Waals surface area contributed by atoms with Crippen molar-refractivity contribution in [1.82, 2.24) is 0 Å². The molecule has 3 nitrogen and oxygen atoms in total. The fourth-order valence-electron chi connectivity index (χ4n) is 2.94. The first-order chi connectivity index (χ1) is 9.27. The van der Waals surface area contributed by atoms with E-state index >= 15 is 0 Å². The van der Waals surface area contributed by atoms with Crippen molar-refractivity contribution in [2.45, 2.75) is 41.4 Å². The van der Waals surface area contributed by atoms with E-state index in [9.17, 15) is 0 Å². The lowest BCUT2D eigenvalue weighted by atomic mass is 9.86. The van der Waals surface area contributed by atoms with Crippen LogP contribution in [0.3, 0.4) is 0 Å². The second kappa shape index (κ2) is 5.73. The first-order valence-corrected chi connectivity index (χ1v) is 7.88. The quantitative estimate of drug-likeness (QED) is 0.845. The largest absolute Gasteiger partial charge is 0.398 e. The molecular formula is C15H21NO2S. The molecule has 2 aliphatic rings.